The van der Waals surface area contributed by atoms with Gasteiger partial charge in [0.25, 0.3) is 0 Å². The van der Waals surface area contributed by atoms with E-state index in [0.717, 1.165) is 24.5 Å². The zero-order chi connectivity index (χ0) is 14.4. The number of methoxy groups -OCH3 is 1. The summed E-state index contributed by atoms with van der Waals surface area (Å²) < 4.78 is 11.4. The van der Waals surface area contributed by atoms with Gasteiger partial charge in [-0.3, -0.25) is 0 Å². The maximum absolute atomic E-state index is 5.90. The van der Waals surface area contributed by atoms with E-state index in [1.807, 2.05) is 19.2 Å². The molecule has 0 amide bonds. The summed E-state index contributed by atoms with van der Waals surface area (Å²) in [6.45, 7) is 5.09. The van der Waals surface area contributed by atoms with Crippen molar-refractivity contribution in [1.82, 2.24) is 0 Å². The van der Waals surface area contributed by atoms with E-state index in [1.165, 1.54) is 19.3 Å². The molecule has 3 nitrogen and oxygen atoms in total. The van der Waals surface area contributed by atoms with Crippen molar-refractivity contribution in [1.29, 1.82) is 0 Å². The lowest BCUT2D eigenvalue weighted by molar-refractivity contribution is 0.0669. The van der Waals surface area contributed by atoms with Gasteiger partial charge in [-0.2, -0.15) is 0 Å². The third-order valence-corrected chi connectivity index (χ3v) is 3.78. The molecule has 1 N–H and O–H groups in total. The van der Waals surface area contributed by atoms with Gasteiger partial charge in [-0.05, 0) is 43.7 Å². The highest BCUT2D eigenvalue weighted by Gasteiger charge is 2.22. The second kappa shape index (κ2) is 7.53. The maximum atomic E-state index is 5.90. The third-order valence-electron chi connectivity index (χ3n) is 3.78. The van der Waals surface area contributed by atoms with E-state index in [9.17, 15) is 0 Å². The Balaban J connectivity index is 1.97. The Morgan fingerprint density at radius 3 is 2.80 bits per heavy atom. The predicted molar refractivity (Wildman–Crippen MR) is 83.5 cm³/mol. The zero-order valence-corrected chi connectivity index (χ0v) is 12.9. The summed E-state index contributed by atoms with van der Waals surface area (Å²) in [7, 11) is 1.81. The Kier molecular flexibility index (Phi) is 5.72. The summed E-state index contributed by atoms with van der Waals surface area (Å²) in [4.78, 5) is 0. The van der Waals surface area contributed by atoms with Crippen molar-refractivity contribution < 1.29 is 9.47 Å². The average molecular weight is 277 g/mol. The van der Waals surface area contributed by atoms with Crippen LogP contribution in [0.4, 0.5) is 5.69 Å². The first-order valence-electron chi connectivity index (χ1n) is 7.70. The molecule has 1 aromatic carbocycles. The molecular formula is C17H27NO2. The first-order valence-corrected chi connectivity index (χ1v) is 7.70. The number of nitrogens with one attached hydrogen (secondary N) is 1. The fourth-order valence-corrected chi connectivity index (χ4v) is 2.68. The third kappa shape index (κ3) is 4.41. The van der Waals surface area contributed by atoms with E-state index in [2.05, 4.69) is 31.3 Å². The lowest BCUT2D eigenvalue weighted by Crippen LogP contribution is -2.31. The highest BCUT2D eigenvalue weighted by Crippen LogP contribution is 2.29. The second-order valence-electron chi connectivity index (χ2n) is 6.07. The fraction of sp³-hybridized carbons (Fsp3) is 0.647. The molecule has 2 rings (SSSR count). The number of rotatable bonds is 6. The minimum absolute atomic E-state index is 0.394. The first-order chi connectivity index (χ1) is 9.69. The lowest BCUT2D eigenvalue weighted by Gasteiger charge is -2.30. The first kappa shape index (κ1) is 15.2. The molecule has 2 unspecified atom stereocenters. The van der Waals surface area contributed by atoms with Gasteiger partial charge in [-0.1, -0.05) is 26.0 Å². The van der Waals surface area contributed by atoms with Gasteiger partial charge < -0.3 is 14.8 Å². The molecule has 0 aliphatic heterocycles. The molecule has 3 heteroatoms. The number of anilines is 1. The molecule has 0 saturated heterocycles. The number of hydrogen-bond acceptors (Lipinski definition) is 3. The van der Waals surface area contributed by atoms with Gasteiger partial charge in [0.1, 0.15) is 5.75 Å². The van der Waals surface area contributed by atoms with Gasteiger partial charge in [0.2, 0.25) is 0 Å². The lowest BCUT2D eigenvalue weighted by atomic mass is 9.92. The van der Waals surface area contributed by atoms with E-state index in [1.54, 1.807) is 0 Å². The largest absolute Gasteiger partial charge is 0.491 e. The van der Waals surface area contributed by atoms with Gasteiger partial charge in [-0.25, -0.2) is 0 Å². The van der Waals surface area contributed by atoms with Gasteiger partial charge in [-0.15, -0.1) is 0 Å². The summed E-state index contributed by atoms with van der Waals surface area (Å²) in [5.41, 5.74) is 1.11. The maximum Gasteiger partial charge on any atom is 0.142 e. The molecule has 1 aliphatic carbocycles. The van der Waals surface area contributed by atoms with Crippen LogP contribution in [0.3, 0.4) is 0 Å². The Hall–Kier alpha value is -1.22. The molecule has 0 heterocycles. The molecule has 2 atom stereocenters. The molecule has 1 saturated carbocycles. The Bertz CT molecular complexity index is 406. The van der Waals surface area contributed by atoms with E-state index >= 15 is 0 Å². The van der Waals surface area contributed by atoms with E-state index in [0.29, 0.717) is 18.1 Å². The van der Waals surface area contributed by atoms with Crippen LogP contribution in [-0.2, 0) is 4.74 Å². The van der Waals surface area contributed by atoms with E-state index in [4.69, 9.17) is 9.47 Å². The molecule has 1 aromatic rings. The second-order valence-corrected chi connectivity index (χ2v) is 6.07. The normalized spacial score (nSPS) is 22.8. The standard InChI is InChI=1S/C17H27NO2/c1-13(2)12-20-17-10-5-4-9-16(17)18-14-7-6-8-15(11-14)19-3/h4-5,9-10,13-15,18H,6-8,11-12H2,1-3H3. The van der Waals surface area contributed by atoms with Crippen LogP contribution in [0.15, 0.2) is 24.3 Å². The van der Waals surface area contributed by atoms with Crippen molar-refractivity contribution in [3.8, 4) is 5.75 Å². The molecule has 1 aliphatic rings. The number of hydrogen-bond donors (Lipinski definition) is 1. The predicted octanol–water partition coefficient (Wildman–Crippen LogP) is 4.09. The monoisotopic (exact) mass is 277 g/mol. The summed E-state index contributed by atoms with van der Waals surface area (Å²) >= 11 is 0. The van der Waals surface area contributed by atoms with Crippen molar-refractivity contribution in [2.45, 2.75) is 51.7 Å². The van der Waals surface area contributed by atoms with Gasteiger partial charge in [0, 0.05) is 13.2 Å². The molecule has 0 aromatic heterocycles. The van der Waals surface area contributed by atoms with Gasteiger partial charge in [0.05, 0.1) is 18.4 Å². The Morgan fingerprint density at radius 2 is 2.05 bits per heavy atom. The minimum Gasteiger partial charge on any atom is -0.491 e. The van der Waals surface area contributed by atoms with Crippen LogP contribution in [0.1, 0.15) is 39.5 Å². The number of benzene rings is 1. The van der Waals surface area contributed by atoms with E-state index in [-0.39, 0.29) is 0 Å². The molecule has 112 valence electrons. The van der Waals surface area contributed by atoms with Crippen molar-refractivity contribution in [2.75, 3.05) is 19.0 Å². The molecular weight excluding hydrogens is 250 g/mol. The average Bonchev–Trinajstić information content (AvgIpc) is 2.46. The fourth-order valence-electron chi connectivity index (χ4n) is 2.68. The van der Waals surface area contributed by atoms with Crippen molar-refractivity contribution in [3.63, 3.8) is 0 Å². The molecule has 0 bridgehead atoms. The molecule has 1 fully saturated rings. The summed E-state index contributed by atoms with van der Waals surface area (Å²) in [5.74, 6) is 1.50. The highest BCUT2D eigenvalue weighted by atomic mass is 16.5. The van der Waals surface area contributed by atoms with Crippen molar-refractivity contribution in [2.24, 2.45) is 5.92 Å². The SMILES string of the molecule is COC1CCCC(Nc2ccccc2OCC(C)C)C1. The summed E-state index contributed by atoms with van der Waals surface area (Å²) in [6, 6.07) is 8.71. The smallest absolute Gasteiger partial charge is 0.142 e. The van der Waals surface area contributed by atoms with Crippen LogP contribution < -0.4 is 10.1 Å². The zero-order valence-electron chi connectivity index (χ0n) is 12.9. The number of ether oxygens (including phenoxy) is 2. The van der Waals surface area contributed by atoms with Crippen LogP contribution in [0.2, 0.25) is 0 Å². The topological polar surface area (TPSA) is 30.5 Å². The van der Waals surface area contributed by atoms with Crippen LogP contribution in [0, 0.1) is 5.92 Å². The summed E-state index contributed by atoms with van der Waals surface area (Å²) in [6.07, 6.45) is 5.09. The van der Waals surface area contributed by atoms with Crippen molar-refractivity contribution >= 4 is 5.69 Å². The van der Waals surface area contributed by atoms with Gasteiger partial charge in [0.15, 0.2) is 0 Å². The molecule has 0 spiro atoms. The van der Waals surface area contributed by atoms with Crippen LogP contribution in [0.5, 0.6) is 5.75 Å². The van der Waals surface area contributed by atoms with Crippen LogP contribution in [0.25, 0.3) is 0 Å². The molecule has 20 heavy (non-hydrogen) atoms. The summed E-state index contributed by atoms with van der Waals surface area (Å²) in [5, 5.41) is 3.63. The minimum atomic E-state index is 0.394. The molecule has 0 radical (unpaired) electrons. The van der Waals surface area contributed by atoms with Gasteiger partial charge >= 0.3 is 0 Å². The van der Waals surface area contributed by atoms with E-state index < -0.39 is 0 Å². The number of para-hydroxylation sites is 2. The highest BCUT2D eigenvalue weighted by molar-refractivity contribution is 5.56. The Labute approximate surface area is 122 Å². The van der Waals surface area contributed by atoms with Crippen molar-refractivity contribution in [3.05, 3.63) is 24.3 Å². The van der Waals surface area contributed by atoms with Crippen LogP contribution >= 0.6 is 0 Å². The quantitative estimate of drug-likeness (QED) is 0.849. The Morgan fingerprint density at radius 1 is 1.25 bits per heavy atom. The van der Waals surface area contributed by atoms with Crippen LogP contribution in [-0.4, -0.2) is 25.9 Å².